The molecule has 66 heavy (non-hydrogen) atoms. The quantitative estimate of drug-likeness (QED) is 0.0554. The van der Waals surface area contributed by atoms with Gasteiger partial charge in [-0.25, -0.2) is 43.4 Å². The van der Waals surface area contributed by atoms with Gasteiger partial charge in [0, 0.05) is 52.8 Å². The average molecular weight is 995 g/mol. The van der Waals surface area contributed by atoms with E-state index in [-0.39, 0.29) is 120 Å². The van der Waals surface area contributed by atoms with Crippen molar-refractivity contribution >= 4 is 59.0 Å². The average Bonchev–Trinajstić information content (AvgIpc) is 3.53. The Balaban J connectivity index is 0.00000385. The molecular formula is C45H47F2N2Na3O11S3. The third kappa shape index (κ3) is 13.3. The van der Waals surface area contributed by atoms with Crippen LogP contribution in [0.15, 0.2) is 94.6 Å². The number of unbranched alkanes of at least 4 members (excludes halogenated alkanes) is 2. The van der Waals surface area contributed by atoms with E-state index in [1.807, 2.05) is 41.5 Å². The van der Waals surface area contributed by atoms with Crippen molar-refractivity contribution in [3.63, 3.8) is 0 Å². The van der Waals surface area contributed by atoms with Crippen molar-refractivity contribution in [2.24, 2.45) is 0 Å². The Labute approximate surface area is 452 Å². The molecule has 3 aromatic rings. The van der Waals surface area contributed by atoms with E-state index in [4.69, 9.17) is 0 Å². The molecule has 0 amide bonds. The van der Waals surface area contributed by atoms with Gasteiger partial charge in [0.1, 0.15) is 34.0 Å². The van der Waals surface area contributed by atoms with Crippen molar-refractivity contribution in [2.45, 2.75) is 88.4 Å². The molecule has 0 aromatic heterocycles. The van der Waals surface area contributed by atoms with Crippen LogP contribution in [0.25, 0.3) is 5.57 Å². The minimum atomic E-state index is -4.85. The second-order valence-electron chi connectivity index (χ2n) is 16.9. The monoisotopic (exact) mass is 994 g/mol. The van der Waals surface area contributed by atoms with Gasteiger partial charge in [-0.05, 0) is 97.2 Å². The summed E-state index contributed by atoms with van der Waals surface area (Å²) in [4.78, 5) is 13.2. The van der Waals surface area contributed by atoms with Gasteiger partial charge in [0.15, 0.2) is 5.71 Å². The molecule has 338 valence electrons. The summed E-state index contributed by atoms with van der Waals surface area (Å²) in [7, 11) is -13.8. The molecule has 6 rings (SSSR count). The summed E-state index contributed by atoms with van der Waals surface area (Å²) in [5.74, 6) is -4.84. The van der Waals surface area contributed by atoms with E-state index in [2.05, 4.69) is 6.07 Å². The van der Waals surface area contributed by atoms with Gasteiger partial charge in [-0.15, -0.1) is 6.07 Å². The molecule has 13 nitrogen and oxygen atoms in total. The van der Waals surface area contributed by atoms with Crippen molar-refractivity contribution in [2.75, 3.05) is 29.5 Å². The second-order valence-corrected chi connectivity index (χ2v) is 21.3. The number of hydrogen-bond acceptors (Lipinski definition) is 11. The van der Waals surface area contributed by atoms with Crippen LogP contribution in [0.4, 0.5) is 20.2 Å². The molecule has 2 heterocycles. The van der Waals surface area contributed by atoms with Gasteiger partial charge in [-0.1, -0.05) is 45.4 Å². The van der Waals surface area contributed by atoms with Crippen LogP contribution < -0.4 is 93.6 Å². The Hall–Kier alpha value is -1.85. The topological polar surface area (TPSA) is 215 Å². The van der Waals surface area contributed by atoms with E-state index in [9.17, 15) is 48.8 Å². The van der Waals surface area contributed by atoms with Crippen LogP contribution in [0.5, 0.6) is 0 Å². The summed E-state index contributed by atoms with van der Waals surface area (Å²) in [6, 6.07) is 14.1. The largest absolute Gasteiger partial charge is 1.00 e. The molecule has 3 aliphatic rings. The molecule has 0 saturated carbocycles. The van der Waals surface area contributed by atoms with Crippen LogP contribution in [-0.2, 0) is 41.2 Å². The van der Waals surface area contributed by atoms with E-state index >= 15 is 8.78 Å². The van der Waals surface area contributed by atoms with Crippen LogP contribution in [-0.4, -0.2) is 84.9 Å². The van der Waals surface area contributed by atoms with E-state index in [0.717, 1.165) is 29.1 Å². The van der Waals surface area contributed by atoms with Gasteiger partial charge in [0.2, 0.25) is 0 Å². The Morgan fingerprint density at radius 3 is 2.03 bits per heavy atom. The zero-order chi connectivity index (χ0) is 46.3. The molecule has 0 saturated heterocycles. The second kappa shape index (κ2) is 22.9. The van der Waals surface area contributed by atoms with Crippen LogP contribution in [0, 0.1) is 17.7 Å². The molecule has 0 bridgehead atoms. The molecule has 0 spiro atoms. The number of rotatable bonds is 16. The summed E-state index contributed by atoms with van der Waals surface area (Å²) in [6.07, 6.45) is 9.08. The molecular weight excluding hydrogens is 948 g/mol. The number of fused-ring (bicyclic) bond motifs is 2. The van der Waals surface area contributed by atoms with Crippen LogP contribution in [0.3, 0.4) is 0 Å². The molecule has 1 N–H and O–H groups in total. The molecule has 0 fully saturated rings. The Morgan fingerprint density at radius 1 is 0.818 bits per heavy atom. The first-order valence-corrected chi connectivity index (χ1v) is 24.8. The number of anilines is 1. The van der Waals surface area contributed by atoms with Crippen molar-refractivity contribution < 1.29 is 151 Å². The van der Waals surface area contributed by atoms with E-state index in [1.54, 1.807) is 38.1 Å². The van der Waals surface area contributed by atoms with Crippen LogP contribution in [0.1, 0.15) is 99.7 Å². The number of allylic oxidation sites excluding steroid dienone is 8. The molecule has 21 heteroatoms. The molecule has 0 radical (unpaired) electrons. The molecule has 0 unspecified atom stereocenters. The fraction of sp³-hybridized carbons (Fsp3) is 0.378. The van der Waals surface area contributed by atoms with E-state index in [1.165, 1.54) is 18.2 Å². The standard InChI is InChI=1S/C45H50F2N2O11S3.3Na/c1-44(2)33-14-5-6-15-37(33)48(22-7-9-24-61(52,53)54)39(44)20-16-29-12-11-13-30(41(29)42-35(46)26-31(43(50)51)27-36(42)47)17-21-40-45(3,4)34-28-32(63(58,59)60)18-19-38(34)49(40)23-8-10-25-62(55,56)57;;;/h6,14-21,26-28H,7-13,22-25H2,1-4H3,(H,50,51)(H,52,53,54)(H,55,56,57)(H,58,59,60);;;/q;3*+1/p-3. The van der Waals surface area contributed by atoms with Gasteiger partial charge in [0.05, 0.1) is 36.3 Å². The number of halogens is 2. The van der Waals surface area contributed by atoms with Crippen molar-refractivity contribution in [1.82, 2.24) is 0 Å². The zero-order valence-corrected chi connectivity index (χ0v) is 46.6. The number of benzene rings is 3. The van der Waals surface area contributed by atoms with Gasteiger partial charge in [0.25, 0.3) is 0 Å². The summed E-state index contributed by atoms with van der Waals surface area (Å²) in [6.45, 7) is 8.17. The third-order valence-electron chi connectivity index (χ3n) is 11.9. The predicted molar refractivity (Wildman–Crippen MR) is 230 cm³/mol. The number of carboxylic acid groups (broad SMARTS) is 1. The third-order valence-corrected chi connectivity index (χ3v) is 14.3. The predicted octanol–water partition coefficient (Wildman–Crippen LogP) is -1.79. The summed E-state index contributed by atoms with van der Waals surface area (Å²) in [5.41, 5.74) is 2.81. The molecule has 1 aliphatic carbocycles. The summed E-state index contributed by atoms with van der Waals surface area (Å²) >= 11 is 0. The minimum Gasteiger partial charge on any atom is -0.748 e. The van der Waals surface area contributed by atoms with Gasteiger partial charge in [-0.2, -0.15) is 18.2 Å². The van der Waals surface area contributed by atoms with Gasteiger partial charge < -0.3 is 23.7 Å². The number of carbonyl (C=O) groups is 1. The maximum Gasteiger partial charge on any atom is 1.00 e. The molecule has 0 atom stereocenters. The van der Waals surface area contributed by atoms with Crippen LogP contribution >= 0.6 is 0 Å². The van der Waals surface area contributed by atoms with Crippen molar-refractivity contribution in [3.8, 4) is 0 Å². The van der Waals surface area contributed by atoms with Crippen molar-refractivity contribution in [3.05, 3.63) is 130 Å². The number of carboxylic acids is 1. The Bertz CT molecular complexity index is 2850. The SMILES string of the molecule is CC1(C)C(/C=C/C2=C(c3c(F)cc(C(=O)O)cc3F)C(=C/C=C3/N(CCCCS(=O)(=O)[O-])c4ccc(S(=O)(=O)[O-])cc4C3(C)C)/CCC2)=[N+](CCCCS(=O)(=O)[O-])c2cc[c-]cc21.[Na+].[Na+].[Na+]. The fourth-order valence-corrected chi connectivity index (χ4v) is 10.4. The zero-order valence-electron chi connectivity index (χ0n) is 38.1. The number of nitrogens with zero attached hydrogens (tertiary/aromatic N) is 2. The first-order chi connectivity index (χ1) is 29.3. The first kappa shape index (κ1) is 58.5. The van der Waals surface area contributed by atoms with Gasteiger partial charge in [-0.3, -0.25) is 0 Å². The normalized spacial score (nSPS) is 18.0. The molecule has 2 aliphatic heterocycles. The maximum absolute atomic E-state index is 16.2. The van der Waals surface area contributed by atoms with Gasteiger partial charge >= 0.3 is 94.6 Å². The summed E-state index contributed by atoms with van der Waals surface area (Å²) in [5, 5.41) is 9.61. The minimum absolute atomic E-state index is 0. The summed E-state index contributed by atoms with van der Waals surface area (Å²) < 4.78 is 139. The first-order valence-electron chi connectivity index (χ1n) is 20.3. The molecule has 3 aromatic carbocycles. The van der Waals surface area contributed by atoms with E-state index in [0.29, 0.717) is 60.3 Å². The Morgan fingerprint density at radius 2 is 1.44 bits per heavy atom. The van der Waals surface area contributed by atoms with Crippen LogP contribution in [0.2, 0.25) is 0 Å². The van der Waals surface area contributed by atoms with E-state index < -0.39 is 86.3 Å². The number of hydrogen-bond donors (Lipinski definition) is 1. The fourth-order valence-electron chi connectivity index (χ4n) is 8.83. The number of aromatic carboxylic acids is 1. The van der Waals surface area contributed by atoms with Crippen molar-refractivity contribution in [1.29, 1.82) is 0 Å². The maximum atomic E-state index is 16.2. The Kier molecular flexibility index (Phi) is 20.3. The smallest absolute Gasteiger partial charge is 0.748 e.